The maximum Gasteiger partial charge on any atom is 0.417 e. The minimum absolute atomic E-state index is 0.253. The van der Waals surface area contributed by atoms with Crippen LogP contribution in [0.3, 0.4) is 0 Å². The van der Waals surface area contributed by atoms with Crippen molar-refractivity contribution in [3.63, 3.8) is 0 Å². The first-order valence-electron chi connectivity index (χ1n) is 6.24. The highest BCUT2D eigenvalue weighted by atomic mass is 16.4. The summed E-state index contributed by atoms with van der Waals surface area (Å²) in [5.74, 6) is -2.08. The van der Waals surface area contributed by atoms with Gasteiger partial charge in [0.2, 0.25) is 0 Å². The first-order chi connectivity index (χ1) is 10.0. The molecule has 0 aliphatic rings. The Bertz CT molecular complexity index is 743. The van der Waals surface area contributed by atoms with Crippen molar-refractivity contribution in [3.05, 3.63) is 47.0 Å². The monoisotopic (exact) mass is 290 g/mol. The third kappa shape index (κ3) is 3.46. The lowest BCUT2D eigenvalue weighted by Gasteiger charge is -2.14. The van der Waals surface area contributed by atoms with Crippen LogP contribution in [-0.2, 0) is 4.79 Å². The quantitative estimate of drug-likeness (QED) is 0.516. The summed E-state index contributed by atoms with van der Waals surface area (Å²) in [4.78, 5) is 36.7. The fourth-order valence-corrected chi connectivity index (χ4v) is 1.96. The normalized spacial score (nSPS) is 12.2. The zero-order chi connectivity index (χ0) is 15.4. The number of ketones is 1. The average Bonchev–Trinajstić information content (AvgIpc) is 2.81. The smallest absolute Gasteiger partial charge is 0.417 e. The van der Waals surface area contributed by atoms with Crippen LogP contribution in [0.25, 0.3) is 11.1 Å². The van der Waals surface area contributed by atoms with Crippen molar-refractivity contribution >= 4 is 22.9 Å². The van der Waals surface area contributed by atoms with E-state index in [1.54, 1.807) is 6.07 Å². The number of fused-ring (bicyclic) bond motifs is 1. The maximum atomic E-state index is 12.3. The molecule has 110 valence electrons. The summed E-state index contributed by atoms with van der Waals surface area (Å²) in [6.45, 7) is 3.82. The van der Waals surface area contributed by atoms with Gasteiger partial charge in [-0.05, 0) is 18.2 Å². The zero-order valence-corrected chi connectivity index (χ0v) is 11.1. The number of nitrogens with one attached hydrogen (secondary N) is 2. The summed E-state index contributed by atoms with van der Waals surface area (Å²) < 4.78 is 4.88. The lowest BCUT2D eigenvalue weighted by atomic mass is 10.0. The number of benzene rings is 1. The van der Waals surface area contributed by atoms with Gasteiger partial charge in [0.05, 0.1) is 18.0 Å². The molecule has 1 atom stereocenters. The molecule has 0 saturated heterocycles. The number of H-pyrrole nitrogens is 1. The van der Waals surface area contributed by atoms with Gasteiger partial charge >= 0.3 is 11.7 Å². The Morgan fingerprint density at radius 3 is 2.90 bits per heavy atom. The highest BCUT2D eigenvalue weighted by Crippen LogP contribution is 2.15. The molecule has 21 heavy (non-hydrogen) atoms. The van der Waals surface area contributed by atoms with Crippen LogP contribution in [0.5, 0.6) is 0 Å². The molecule has 2 rings (SSSR count). The van der Waals surface area contributed by atoms with Gasteiger partial charge in [0.15, 0.2) is 11.4 Å². The fourth-order valence-electron chi connectivity index (χ4n) is 1.96. The largest absolute Gasteiger partial charge is 0.481 e. The molecule has 1 heterocycles. The van der Waals surface area contributed by atoms with E-state index in [2.05, 4.69) is 16.9 Å². The van der Waals surface area contributed by atoms with E-state index in [0.29, 0.717) is 12.1 Å². The minimum Gasteiger partial charge on any atom is -0.481 e. The van der Waals surface area contributed by atoms with Gasteiger partial charge in [-0.15, -0.1) is 6.58 Å². The minimum atomic E-state index is -1.08. The number of rotatable bonds is 7. The van der Waals surface area contributed by atoms with Gasteiger partial charge in [0.25, 0.3) is 0 Å². The predicted molar refractivity (Wildman–Crippen MR) is 75.4 cm³/mol. The second-order valence-corrected chi connectivity index (χ2v) is 4.44. The SMILES string of the molecule is C=CCNC(CC(=O)O)C(=O)c1ccc2[nH]c(=O)oc2c1. The molecule has 0 radical (unpaired) electrons. The Hall–Kier alpha value is -2.67. The molecule has 0 saturated carbocycles. The van der Waals surface area contributed by atoms with E-state index in [1.165, 1.54) is 18.2 Å². The van der Waals surface area contributed by atoms with Crippen molar-refractivity contribution in [2.75, 3.05) is 6.54 Å². The Morgan fingerprint density at radius 2 is 2.24 bits per heavy atom. The second kappa shape index (κ2) is 6.19. The molecule has 3 N–H and O–H groups in total. The van der Waals surface area contributed by atoms with E-state index in [0.717, 1.165) is 0 Å². The van der Waals surface area contributed by atoms with Crippen LogP contribution in [0.2, 0.25) is 0 Å². The Kier molecular flexibility index (Phi) is 4.34. The van der Waals surface area contributed by atoms with E-state index in [4.69, 9.17) is 9.52 Å². The van der Waals surface area contributed by atoms with Gasteiger partial charge in [-0.2, -0.15) is 0 Å². The summed E-state index contributed by atoms with van der Waals surface area (Å²) in [5, 5.41) is 11.7. The molecule has 0 aliphatic carbocycles. The predicted octanol–water partition coefficient (Wildman–Crippen LogP) is 0.923. The highest BCUT2D eigenvalue weighted by Gasteiger charge is 2.22. The molecule has 0 spiro atoms. The number of carbonyl (C=O) groups excluding carboxylic acids is 1. The number of carboxylic acid groups (broad SMARTS) is 1. The molecule has 1 aromatic carbocycles. The number of hydrogen-bond donors (Lipinski definition) is 3. The van der Waals surface area contributed by atoms with E-state index in [-0.39, 0.29) is 23.4 Å². The van der Waals surface area contributed by atoms with Crippen molar-refractivity contribution < 1.29 is 19.1 Å². The standard InChI is InChI=1S/C14H14N2O5/c1-2-5-15-10(7-12(17)18)13(19)8-3-4-9-11(6-8)21-14(20)16-9/h2-4,6,10,15H,1,5,7H2,(H,16,20)(H,17,18). The van der Waals surface area contributed by atoms with E-state index in [9.17, 15) is 14.4 Å². The van der Waals surface area contributed by atoms with E-state index in [1.807, 2.05) is 0 Å². The molecule has 2 aromatic rings. The number of hydrogen-bond acceptors (Lipinski definition) is 5. The number of carboxylic acids is 1. The Balaban J connectivity index is 2.29. The van der Waals surface area contributed by atoms with Gasteiger partial charge in [0.1, 0.15) is 0 Å². The molecule has 0 bridgehead atoms. The van der Waals surface area contributed by atoms with Gasteiger partial charge in [-0.3, -0.25) is 14.6 Å². The molecule has 1 unspecified atom stereocenters. The third-order valence-electron chi connectivity index (χ3n) is 2.91. The van der Waals surface area contributed by atoms with Crippen molar-refractivity contribution in [1.29, 1.82) is 0 Å². The van der Waals surface area contributed by atoms with E-state index >= 15 is 0 Å². The highest BCUT2D eigenvalue weighted by molar-refractivity contribution is 6.03. The van der Waals surface area contributed by atoms with Gasteiger partial charge < -0.3 is 14.8 Å². The summed E-state index contributed by atoms with van der Waals surface area (Å²) in [6, 6.07) is 3.60. The summed E-state index contributed by atoms with van der Waals surface area (Å²) in [7, 11) is 0. The lowest BCUT2D eigenvalue weighted by molar-refractivity contribution is -0.137. The zero-order valence-electron chi connectivity index (χ0n) is 11.1. The molecule has 0 fully saturated rings. The summed E-state index contributed by atoms with van der Waals surface area (Å²) >= 11 is 0. The van der Waals surface area contributed by atoms with Crippen LogP contribution in [-0.4, -0.2) is 34.4 Å². The first-order valence-corrected chi connectivity index (χ1v) is 6.24. The summed E-state index contributed by atoms with van der Waals surface area (Å²) in [5.41, 5.74) is 1.00. The topological polar surface area (TPSA) is 112 Å². The van der Waals surface area contributed by atoms with Crippen LogP contribution in [0.1, 0.15) is 16.8 Å². The van der Waals surface area contributed by atoms with Crippen LogP contribution in [0, 0.1) is 0 Å². The van der Waals surface area contributed by atoms with Crippen LogP contribution < -0.4 is 11.1 Å². The Labute approximate surface area is 119 Å². The maximum absolute atomic E-state index is 12.3. The number of aromatic amines is 1. The summed E-state index contributed by atoms with van der Waals surface area (Å²) in [6.07, 6.45) is 1.19. The van der Waals surface area contributed by atoms with Crippen molar-refractivity contribution in [1.82, 2.24) is 10.3 Å². The molecule has 0 aliphatic heterocycles. The average molecular weight is 290 g/mol. The van der Waals surface area contributed by atoms with E-state index < -0.39 is 17.8 Å². The van der Waals surface area contributed by atoms with Gasteiger partial charge in [0, 0.05) is 12.1 Å². The molecule has 1 aromatic heterocycles. The van der Waals surface area contributed by atoms with Crippen LogP contribution >= 0.6 is 0 Å². The van der Waals surface area contributed by atoms with Crippen LogP contribution in [0.15, 0.2) is 40.1 Å². The number of carbonyl (C=O) groups is 2. The Morgan fingerprint density at radius 1 is 1.48 bits per heavy atom. The number of oxazole rings is 1. The third-order valence-corrected chi connectivity index (χ3v) is 2.91. The van der Waals surface area contributed by atoms with Gasteiger partial charge in [-0.25, -0.2) is 4.79 Å². The number of Topliss-reactive ketones (excluding diaryl/α,β-unsaturated/α-hetero) is 1. The van der Waals surface area contributed by atoms with Crippen LogP contribution in [0.4, 0.5) is 0 Å². The molecule has 7 nitrogen and oxygen atoms in total. The number of aliphatic carboxylic acids is 1. The van der Waals surface area contributed by atoms with Crippen molar-refractivity contribution in [2.45, 2.75) is 12.5 Å². The van der Waals surface area contributed by atoms with Crippen molar-refractivity contribution in [3.8, 4) is 0 Å². The molecular formula is C14H14N2O5. The number of aromatic nitrogens is 1. The molecule has 7 heteroatoms. The molecule has 0 amide bonds. The molecular weight excluding hydrogens is 276 g/mol. The second-order valence-electron chi connectivity index (χ2n) is 4.44. The lowest BCUT2D eigenvalue weighted by Crippen LogP contribution is -2.38. The van der Waals surface area contributed by atoms with Gasteiger partial charge in [-0.1, -0.05) is 6.08 Å². The first kappa shape index (κ1) is 14.7. The fraction of sp³-hybridized carbons (Fsp3) is 0.214. The van der Waals surface area contributed by atoms with Crippen molar-refractivity contribution in [2.24, 2.45) is 0 Å².